The first-order valence-corrected chi connectivity index (χ1v) is 8.08. The average Bonchev–Trinajstić information content (AvgIpc) is 2.51. The molecule has 0 aliphatic rings. The van der Waals surface area contributed by atoms with Gasteiger partial charge in [0, 0.05) is 31.3 Å². The highest BCUT2D eigenvalue weighted by atomic mass is 16.2. The maximum Gasteiger partial charge on any atom is 0.226 e. The molecule has 2 amide bonds. The van der Waals surface area contributed by atoms with Gasteiger partial charge in [0.1, 0.15) is 0 Å². The van der Waals surface area contributed by atoms with Gasteiger partial charge in [0.05, 0.1) is 0 Å². The Hall–Kier alpha value is -2.62. The van der Waals surface area contributed by atoms with E-state index in [1.54, 1.807) is 4.90 Å². The molecule has 0 aliphatic carbocycles. The maximum atomic E-state index is 12.1. The van der Waals surface area contributed by atoms with Crippen molar-refractivity contribution in [2.24, 2.45) is 0 Å². The van der Waals surface area contributed by atoms with E-state index >= 15 is 0 Å². The topological polar surface area (TPSA) is 49.4 Å². The van der Waals surface area contributed by atoms with Crippen LogP contribution in [0.1, 0.15) is 30.0 Å². The lowest BCUT2D eigenvalue weighted by Crippen LogP contribution is -2.32. The maximum absolute atomic E-state index is 12.1. The molecule has 126 valence electrons. The molecule has 0 saturated carbocycles. The van der Waals surface area contributed by atoms with Crippen molar-refractivity contribution in [1.29, 1.82) is 0 Å². The summed E-state index contributed by atoms with van der Waals surface area (Å²) in [7, 11) is 0. The van der Waals surface area contributed by atoms with Gasteiger partial charge in [0.2, 0.25) is 11.8 Å². The quantitative estimate of drug-likeness (QED) is 0.904. The molecule has 0 aliphatic heterocycles. The molecule has 2 aromatic carbocycles. The third-order valence-corrected chi connectivity index (χ3v) is 3.92. The van der Waals surface area contributed by atoms with Crippen LogP contribution in [0, 0.1) is 20.8 Å². The van der Waals surface area contributed by atoms with Crippen LogP contribution in [0.2, 0.25) is 0 Å². The number of hydrogen-bond donors (Lipinski definition) is 1. The molecule has 0 saturated heterocycles. The summed E-state index contributed by atoms with van der Waals surface area (Å²) >= 11 is 0. The van der Waals surface area contributed by atoms with E-state index < -0.39 is 0 Å². The minimum atomic E-state index is -0.102. The number of benzene rings is 2. The lowest BCUT2D eigenvalue weighted by atomic mass is 10.1. The Morgan fingerprint density at radius 3 is 2.17 bits per heavy atom. The number of carbonyl (C=O) groups is 2. The summed E-state index contributed by atoms with van der Waals surface area (Å²) < 4.78 is 0. The Bertz CT molecular complexity index is 736. The molecule has 0 atom stereocenters. The highest BCUT2D eigenvalue weighted by Gasteiger charge is 2.15. The number of anilines is 2. The van der Waals surface area contributed by atoms with Gasteiger partial charge in [-0.2, -0.15) is 0 Å². The van der Waals surface area contributed by atoms with E-state index in [2.05, 4.69) is 5.32 Å². The van der Waals surface area contributed by atoms with Crippen LogP contribution in [-0.4, -0.2) is 18.4 Å². The summed E-state index contributed by atoms with van der Waals surface area (Å²) in [4.78, 5) is 25.8. The van der Waals surface area contributed by atoms with Crippen LogP contribution in [0.4, 0.5) is 11.4 Å². The van der Waals surface area contributed by atoms with Crippen LogP contribution >= 0.6 is 0 Å². The minimum absolute atomic E-state index is 0.0647. The molecule has 0 aromatic heterocycles. The highest BCUT2D eigenvalue weighted by molar-refractivity contribution is 5.95. The number of amides is 2. The Balaban J connectivity index is 2.02. The largest absolute Gasteiger partial charge is 0.326 e. The normalized spacial score (nSPS) is 10.3. The van der Waals surface area contributed by atoms with E-state index in [1.807, 2.05) is 63.2 Å². The summed E-state index contributed by atoms with van der Waals surface area (Å²) in [5, 5.41) is 2.86. The van der Waals surface area contributed by atoms with Crippen LogP contribution in [0.5, 0.6) is 0 Å². The molecule has 0 spiro atoms. The molecule has 0 bridgehead atoms. The molecule has 0 radical (unpaired) electrons. The summed E-state index contributed by atoms with van der Waals surface area (Å²) in [5.41, 5.74) is 4.95. The number of rotatable bonds is 5. The molecule has 1 N–H and O–H groups in total. The van der Waals surface area contributed by atoms with E-state index in [0.717, 1.165) is 28.1 Å². The second kappa shape index (κ2) is 7.77. The fourth-order valence-electron chi connectivity index (χ4n) is 2.63. The summed E-state index contributed by atoms with van der Waals surface area (Å²) in [5.74, 6) is -0.167. The predicted molar refractivity (Wildman–Crippen MR) is 98.4 cm³/mol. The van der Waals surface area contributed by atoms with Gasteiger partial charge in [-0.3, -0.25) is 9.59 Å². The standard InChI is InChI=1S/C20H24N2O2/c1-14-5-8-18(9-6-14)21-20(24)11-12-22(17(4)23)19-10-7-15(2)13-16(19)3/h5-10,13H,11-12H2,1-4H3,(H,21,24). The van der Waals surface area contributed by atoms with Crippen LogP contribution < -0.4 is 10.2 Å². The van der Waals surface area contributed by atoms with Gasteiger partial charge in [-0.05, 0) is 44.5 Å². The Morgan fingerprint density at radius 2 is 1.58 bits per heavy atom. The van der Waals surface area contributed by atoms with Crippen LogP contribution in [0.15, 0.2) is 42.5 Å². The Labute approximate surface area is 143 Å². The third-order valence-electron chi connectivity index (χ3n) is 3.92. The first kappa shape index (κ1) is 17.7. The second-order valence-corrected chi connectivity index (χ2v) is 6.12. The van der Waals surface area contributed by atoms with Gasteiger partial charge >= 0.3 is 0 Å². The van der Waals surface area contributed by atoms with Crippen LogP contribution in [0.3, 0.4) is 0 Å². The van der Waals surface area contributed by atoms with Gasteiger partial charge < -0.3 is 10.2 Å². The number of hydrogen-bond acceptors (Lipinski definition) is 2. The van der Waals surface area contributed by atoms with Crippen molar-refractivity contribution in [3.05, 3.63) is 59.2 Å². The van der Waals surface area contributed by atoms with Crippen LogP contribution in [0.25, 0.3) is 0 Å². The van der Waals surface area contributed by atoms with Crippen molar-refractivity contribution in [3.8, 4) is 0 Å². The molecular formula is C20H24N2O2. The predicted octanol–water partition coefficient (Wildman–Crippen LogP) is 3.99. The zero-order chi connectivity index (χ0) is 17.7. The lowest BCUT2D eigenvalue weighted by molar-refractivity contribution is -0.117. The number of nitrogens with zero attached hydrogens (tertiary/aromatic N) is 1. The Morgan fingerprint density at radius 1 is 0.958 bits per heavy atom. The summed E-state index contributed by atoms with van der Waals surface area (Å²) in [6.07, 6.45) is 0.251. The molecule has 0 heterocycles. The van der Waals surface area contributed by atoms with Gasteiger partial charge in [-0.1, -0.05) is 35.4 Å². The third kappa shape index (κ3) is 4.69. The molecule has 2 rings (SSSR count). The first-order valence-electron chi connectivity index (χ1n) is 8.08. The summed E-state index contributed by atoms with van der Waals surface area (Å²) in [6.45, 7) is 7.88. The zero-order valence-electron chi connectivity index (χ0n) is 14.7. The smallest absolute Gasteiger partial charge is 0.226 e. The van der Waals surface area contributed by atoms with Gasteiger partial charge in [0.25, 0.3) is 0 Å². The highest BCUT2D eigenvalue weighted by Crippen LogP contribution is 2.21. The number of nitrogens with one attached hydrogen (secondary N) is 1. The minimum Gasteiger partial charge on any atom is -0.326 e. The van der Waals surface area contributed by atoms with E-state index in [9.17, 15) is 9.59 Å². The SMILES string of the molecule is CC(=O)N(CCC(=O)Nc1ccc(C)cc1)c1ccc(C)cc1C. The number of carbonyl (C=O) groups excluding carboxylic acids is 2. The van der Waals surface area contributed by atoms with Crippen LogP contribution in [-0.2, 0) is 9.59 Å². The van der Waals surface area contributed by atoms with Gasteiger partial charge in [-0.15, -0.1) is 0 Å². The van der Waals surface area contributed by atoms with Crippen molar-refractivity contribution in [1.82, 2.24) is 0 Å². The molecular weight excluding hydrogens is 300 g/mol. The van der Waals surface area contributed by atoms with Gasteiger partial charge in [-0.25, -0.2) is 0 Å². The summed E-state index contributed by atoms with van der Waals surface area (Å²) in [6, 6.07) is 13.6. The van der Waals surface area contributed by atoms with E-state index in [1.165, 1.54) is 6.92 Å². The average molecular weight is 324 g/mol. The Kier molecular flexibility index (Phi) is 5.74. The van der Waals surface area contributed by atoms with E-state index in [-0.39, 0.29) is 18.2 Å². The molecule has 2 aromatic rings. The van der Waals surface area contributed by atoms with Crippen molar-refractivity contribution in [3.63, 3.8) is 0 Å². The van der Waals surface area contributed by atoms with Crippen molar-refractivity contribution < 1.29 is 9.59 Å². The molecule has 24 heavy (non-hydrogen) atoms. The molecule has 0 fully saturated rings. The van der Waals surface area contributed by atoms with E-state index in [4.69, 9.17) is 0 Å². The first-order chi connectivity index (χ1) is 11.4. The fraction of sp³-hybridized carbons (Fsp3) is 0.300. The van der Waals surface area contributed by atoms with Gasteiger partial charge in [0.15, 0.2) is 0 Å². The fourth-order valence-corrected chi connectivity index (χ4v) is 2.63. The molecule has 0 unspecified atom stereocenters. The van der Waals surface area contributed by atoms with Crippen molar-refractivity contribution >= 4 is 23.2 Å². The number of aryl methyl sites for hydroxylation is 3. The molecule has 4 heteroatoms. The van der Waals surface area contributed by atoms with Crippen molar-refractivity contribution in [2.75, 3.05) is 16.8 Å². The van der Waals surface area contributed by atoms with E-state index in [0.29, 0.717) is 6.54 Å². The zero-order valence-corrected chi connectivity index (χ0v) is 14.7. The lowest BCUT2D eigenvalue weighted by Gasteiger charge is -2.23. The molecule has 4 nitrogen and oxygen atoms in total. The second-order valence-electron chi connectivity index (χ2n) is 6.12. The van der Waals surface area contributed by atoms with Crippen molar-refractivity contribution in [2.45, 2.75) is 34.1 Å². The monoisotopic (exact) mass is 324 g/mol.